The van der Waals surface area contributed by atoms with E-state index in [-0.39, 0.29) is 18.7 Å². The third kappa shape index (κ3) is 4.34. The van der Waals surface area contributed by atoms with E-state index in [4.69, 9.17) is 10.8 Å². The molecule has 1 aromatic rings. The van der Waals surface area contributed by atoms with Gasteiger partial charge in [0.05, 0.1) is 12.6 Å². The van der Waals surface area contributed by atoms with Gasteiger partial charge in [-0.3, -0.25) is 4.90 Å². The van der Waals surface area contributed by atoms with Gasteiger partial charge in [-0.25, -0.2) is 0 Å². The van der Waals surface area contributed by atoms with Crippen molar-refractivity contribution in [3.8, 4) is 0 Å². The molecule has 3 N–H and O–H groups in total. The zero-order chi connectivity index (χ0) is 12.8. The van der Waals surface area contributed by atoms with Gasteiger partial charge in [0.15, 0.2) is 0 Å². The highest BCUT2D eigenvalue weighted by Crippen LogP contribution is 2.31. The van der Waals surface area contributed by atoms with Crippen LogP contribution in [0.2, 0.25) is 0 Å². The van der Waals surface area contributed by atoms with Crippen molar-refractivity contribution in [2.45, 2.75) is 32.4 Å². The van der Waals surface area contributed by atoms with Gasteiger partial charge < -0.3 is 10.8 Å². The lowest BCUT2D eigenvalue weighted by Gasteiger charge is -2.33. The Bertz CT molecular complexity index is 324. The highest BCUT2D eigenvalue weighted by Gasteiger charge is 2.24. The van der Waals surface area contributed by atoms with E-state index in [1.807, 2.05) is 6.92 Å². The Morgan fingerprint density at radius 2 is 2.24 bits per heavy atom. The third-order valence-corrected chi connectivity index (χ3v) is 4.43. The Morgan fingerprint density at radius 1 is 1.53 bits per heavy atom. The number of hydrogen-bond donors (Lipinski definition) is 2. The lowest BCUT2D eigenvalue weighted by Crippen LogP contribution is -2.41. The SMILES string of the molecule is CCCN(CCO)C(c1cc(Br)cs1)C(C)N. The van der Waals surface area contributed by atoms with E-state index in [1.165, 1.54) is 4.88 Å². The lowest BCUT2D eigenvalue weighted by molar-refractivity contribution is 0.139. The molecule has 98 valence electrons. The van der Waals surface area contributed by atoms with Crippen molar-refractivity contribution in [3.05, 3.63) is 20.8 Å². The van der Waals surface area contributed by atoms with Crippen molar-refractivity contribution in [1.82, 2.24) is 4.90 Å². The van der Waals surface area contributed by atoms with E-state index in [9.17, 15) is 0 Å². The van der Waals surface area contributed by atoms with Gasteiger partial charge in [0, 0.05) is 27.3 Å². The molecule has 0 radical (unpaired) electrons. The highest BCUT2D eigenvalue weighted by molar-refractivity contribution is 9.10. The quantitative estimate of drug-likeness (QED) is 0.812. The molecule has 0 aromatic carbocycles. The molecule has 3 nitrogen and oxygen atoms in total. The first-order chi connectivity index (χ1) is 8.10. The zero-order valence-corrected chi connectivity index (χ0v) is 12.8. The minimum atomic E-state index is 0.0543. The fourth-order valence-corrected chi connectivity index (χ4v) is 3.75. The van der Waals surface area contributed by atoms with Gasteiger partial charge in [0.1, 0.15) is 0 Å². The summed E-state index contributed by atoms with van der Waals surface area (Å²) < 4.78 is 1.10. The van der Waals surface area contributed by atoms with Crippen LogP contribution in [0.25, 0.3) is 0 Å². The summed E-state index contributed by atoms with van der Waals surface area (Å²) in [6.45, 7) is 5.99. The molecule has 2 atom stereocenters. The molecule has 0 aliphatic rings. The van der Waals surface area contributed by atoms with Crippen molar-refractivity contribution >= 4 is 27.3 Å². The average molecular weight is 321 g/mol. The largest absolute Gasteiger partial charge is 0.395 e. The van der Waals surface area contributed by atoms with Gasteiger partial charge in [0.2, 0.25) is 0 Å². The second kappa shape index (κ2) is 7.48. The van der Waals surface area contributed by atoms with Crippen LogP contribution in [0.15, 0.2) is 15.9 Å². The Morgan fingerprint density at radius 3 is 2.65 bits per heavy atom. The summed E-state index contributed by atoms with van der Waals surface area (Å²) in [5.74, 6) is 0. The topological polar surface area (TPSA) is 49.5 Å². The summed E-state index contributed by atoms with van der Waals surface area (Å²) in [6.07, 6.45) is 1.07. The number of nitrogens with zero attached hydrogens (tertiary/aromatic N) is 1. The van der Waals surface area contributed by atoms with Crippen LogP contribution >= 0.6 is 27.3 Å². The average Bonchev–Trinajstić information content (AvgIpc) is 2.65. The first kappa shape index (κ1) is 15.1. The van der Waals surface area contributed by atoms with Crippen LogP contribution in [0, 0.1) is 0 Å². The van der Waals surface area contributed by atoms with E-state index in [2.05, 4.69) is 39.2 Å². The van der Waals surface area contributed by atoms with Crippen LogP contribution in [0.5, 0.6) is 0 Å². The summed E-state index contributed by atoms with van der Waals surface area (Å²) in [7, 11) is 0. The maximum Gasteiger partial charge on any atom is 0.0591 e. The van der Waals surface area contributed by atoms with E-state index in [0.717, 1.165) is 17.4 Å². The number of halogens is 1. The first-order valence-electron chi connectivity index (χ1n) is 5.94. The zero-order valence-electron chi connectivity index (χ0n) is 10.4. The molecule has 0 saturated heterocycles. The lowest BCUT2D eigenvalue weighted by atomic mass is 10.1. The van der Waals surface area contributed by atoms with Crippen LogP contribution in [-0.4, -0.2) is 35.7 Å². The van der Waals surface area contributed by atoms with Gasteiger partial charge in [-0.05, 0) is 41.9 Å². The Kier molecular flexibility index (Phi) is 6.66. The number of nitrogens with two attached hydrogens (primary N) is 1. The maximum absolute atomic E-state index is 9.16. The van der Waals surface area contributed by atoms with Crippen LogP contribution < -0.4 is 5.73 Å². The summed E-state index contributed by atoms with van der Waals surface area (Å²) >= 11 is 5.19. The van der Waals surface area contributed by atoms with Crippen LogP contribution in [0.4, 0.5) is 0 Å². The minimum Gasteiger partial charge on any atom is -0.395 e. The molecule has 0 amide bonds. The van der Waals surface area contributed by atoms with E-state index >= 15 is 0 Å². The molecule has 1 aromatic heterocycles. The van der Waals surface area contributed by atoms with Crippen LogP contribution in [-0.2, 0) is 0 Å². The Hall–Kier alpha value is 0.0600. The van der Waals surface area contributed by atoms with Crippen molar-refractivity contribution in [2.24, 2.45) is 5.73 Å². The number of thiophene rings is 1. The van der Waals surface area contributed by atoms with E-state index < -0.39 is 0 Å². The summed E-state index contributed by atoms with van der Waals surface area (Å²) in [5, 5.41) is 11.2. The molecule has 17 heavy (non-hydrogen) atoms. The molecule has 0 bridgehead atoms. The second-order valence-corrected chi connectivity index (χ2v) is 6.09. The Labute approximate surface area is 116 Å². The number of rotatable bonds is 7. The summed E-state index contributed by atoms with van der Waals surface area (Å²) in [4.78, 5) is 3.52. The number of aliphatic hydroxyl groups is 1. The molecule has 0 aliphatic heterocycles. The fraction of sp³-hybridized carbons (Fsp3) is 0.667. The fourth-order valence-electron chi connectivity index (χ4n) is 2.06. The van der Waals surface area contributed by atoms with Crippen LogP contribution in [0.1, 0.15) is 31.2 Å². The predicted molar refractivity (Wildman–Crippen MR) is 77.4 cm³/mol. The van der Waals surface area contributed by atoms with Crippen molar-refractivity contribution < 1.29 is 5.11 Å². The van der Waals surface area contributed by atoms with Gasteiger partial charge in [-0.1, -0.05) is 6.92 Å². The van der Waals surface area contributed by atoms with Gasteiger partial charge in [-0.2, -0.15) is 0 Å². The normalized spacial score (nSPS) is 15.2. The Balaban J connectivity index is 2.89. The molecule has 0 spiro atoms. The summed E-state index contributed by atoms with van der Waals surface area (Å²) in [6, 6.07) is 2.37. The van der Waals surface area contributed by atoms with E-state index in [1.54, 1.807) is 11.3 Å². The molecule has 0 saturated carbocycles. The van der Waals surface area contributed by atoms with Gasteiger partial charge in [-0.15, -0.1) is 11.3 Å². The molecule has 0 fully saturated rings. The second-order valence-electron chi connectivity index (χ2n) is 4.23. The smallest absolute Gasteiger partial charge is 0.0591 e. The standard InChI is InChI=1S/C12H21BrN2OS/c1-3-4-15(5-6-16)12(9(2)14)11-7-10(13)8-17-11/h7-9,12,16H,3-6,14H2,1-2H3. The first-order valence-corrected chi connectivity index (χ1v) is 7.61. The van der Waals surface area contributed by atoms with Crippen LogP contribution in [0.3, 0.4) is 0 Å². The molecule has 2 unspecified atom stereocenters. The molecule has 5 heteroatoms. The minimum absolute atomic E-state index is 0.0543. The monoisotopic (exact) mass is 320 g/mol. The van der Waals surface area contributed by atoms with Gasteiger partial charge >= 0.3 is 0 Å². The number of aliphatic hydroxyl groups excluding tert-OH is 1. The maximum atomic E-state index is 9.16. The molecule has 1 heterocycles. The number of hydrogen-bond acceptors (Lipinski definition) is 4. The molecular weight excluding hydrogens is 300 g/mol. The van der Waals surface area contributed by atoms with E-state index in [0.29, 0.717) is 6.54 Å². The third-order valence-electron chi connectivity index (χ3n) is 2.67. The highest BCUT2D eigenvalue weighted by atomic mass is 79.9. The summed E-state index contributed by atoms with van der Waals surface area (Å²) in [5.41, 5.74) is 6.11. The molecule has 1 rings (SSSR count). The van der Waals surface area contributed by atoms with Gasteiger partial charge in [0.25, 0.3) is 0 Å². The predicted octanol–water partition coefficient (Wildman–Crippen LogP) is 2.60. The van der Waals surface area contributed by atoms with Crippen molar-refractivity contribution in [2.75, 3.05) is 19.7 Å². The van der Waals surface area contributed by atoms with Crippen molar-refractivity contribution in [1.29, 1.82) is 0 Å². The van der Waals surface area contributed by atoms with Crippen molar-refractivity contribution in [3.63, 3.8) is 0 Å². The molecule has 0 aliphatic carbocycles. The molecular formula is C12H21BrN2OS.